The molecule has 0 aliphatic heterocycles. The number of rotatable bonds is 7. The minimum atomic E-state index is -0.969. The second-order valence-corrected chi connectivity index (χ2v) is 6.79. The molecular weight excluding hydrogens is 290 g/mol. The van der Waals surface area contributed by atoms with Gasteiger partial charge in [-0.15, -0.1) is 0 Å². The molecule has 1 aromatic rings. The second-order valence-electron chi connectivity index (χ2n) is 6.79. The molecule has 23 heavy (non-hydrogen) atoms. The number of carboxylic acid groups (broad SMARTS) is 1. The molecule has 4 nitrogen and oxygen atoms in total. The molecule has 0 bridgehead atoms. The van der Waals surface area contributed by atoms with Crippen LogP contribution in [0.5, 0.6) is 0 Å². The number of nitrogens with one attached hydrogen (secondary N) is 1. The molecule has 1 aromatic carbocycles. The Balaban J connectivity index is 1.80. The van der Waals surface area contributed by atoms with E-state index in [0.29, 0.717) is 6.42 Å². The number of amides is 1. The van der Waals surface area contributed by atoms with Gasteiger partial charge >= 0.3 is 5.97 Å². The van der Waals surface area contributed by atoms with Crippen LogP contribution in [0.2, 0.25) is 0 Å². The highest BCUT2D eigenvalue weighted by Gasteiger charge is 2.22. The van der Waals surface area contributed by atoms with Gasteiger partial charge in [0.05, 0.1) is 0 Å². The summed E-state index contributed by atoms with van der Waals surface area (Å²) in [7, 11) is 0. The van der Waals surface area contributed by atoms with E-state index in [1.54, 1.807) is 13.8 Å². The first kappa shape index (κ1) is 17.5. The summed E-state index contributed by atoms with van der Waals surface area (Å²) in [6.45, 7) is 3.60. The minimum absolute atomic E-state index is 0.114. The molecule has 0 fully saturated rings. The molecule has 0 spiro atoms. The molecule has 1 atom stereocenters. The lowest BCUT2D eigenvalue weighted by molar-refractivity contribution is -0.143. The maximum atomic E-state index is 11.9. The lowest BCUT2D eigenvalue weighted by Gasteiger charge is -2.18. The molecule has 4 heteroatoms. The number of fused-ring (bicyclic) bond motifs is 1. The van der Waals surface area contributed by atoms with Crippen LogP contribution in [0.25, 0.3) is 0 Å². The summed E-state index contributed by atoms with van der Waals surface area (Å²) in [5, 5.41) is 11.7. The van der Waals surface area contributed by atoms with Crippen LogP contribution >= 0.6 is 0 Å². The smallest absolute Gasteiger partial charge is 0.326 e. The average molecular weight is 317 g/mol. The third-order valence-electron chi connectivity index (χ3n) is 4.53. The van der Waals surface area contributed by atoms with E-state index in [4.69, 9.17) is 5.11 Å². The van der Waals surface area contributed by atoms with Gasteiger partial charge in [0.25, 0.3) is 0 Å². The number of carboxylic acids is 1. The number of carbonyl (C=O) groups is 2. The first-order valence-corrected chi connectivity index (χ1v) is 8.60. The van der Waals surface area contributed by atoms with Crippen LogP contribution in [-0.4, -0.2) is 23.0 Å². The van der Waals surface area contributed by atoms with Gasteiger partial charge in [0, 0.05) is 6.42 Å². The van der Waals surface area contributed by atoms with E-state index in [9.17, 15) is 9.59 Å². The van der Waals surface area contributed by atoms with E-state index in [1.807, 2.05) is 0 Å². The topological polar surface area (TPSA) is 66.4 Å². The second kappa shape index (κ2) is 8.14. The molecule has 1 unspecified atom stereocenters. The van der Waals surface area contributed by atoms with Gasteiger partial charge in [-0.2, -0.15) is 0 Å². The Morgan fingerprint density at radius 3 is 2.52 bits per heavy atom. The van der Waals surface area contributed by atoms with E-state index >= 15 is 0 Å². The Labute approximate surface area is 138 Å². The van der Waals surface area contributed by atoms with Gasteiger partial charge in [-0.25, -0.2) is 4.79 Å². The van der Waals surface area contributed by atoms with Crippen molar-refractivity contribution in [1.29, 1.82) is 0 Å². The number of hydrogen-bond acceptors (Lipinski definition) is 2. The lowest BCUT2D eigenvalue weighted by atomic mass is 9.89. The van der Waals surface area contributed by atoms with Gasteiger partial charge in [-0.3, -0.25) is 4.79 Å². The monoisotopic (exact) mass is 317 g/mol. The van der Waals surface area contributed by atoms with E-state index in [0.717, 1.165) is 12.8 Å². The highest BCUT2D eigenvalue weighted by Crippen LogP contribution is 2.22. The summed E-state index contributed by atoms with van der Waals surface area (Å²) < 4.78 is 0. The summed E-state index contributed by atoms with van der Waals surface area (Å²) in [6, 6.07) is 5.87. The lowest BCUT2D eigenvalue weighted by Crippen LogP contribution is -2.44. The van der Waals surface area contributed by atoms with Gasteiger partial charge in [0.2, 0.25) is 5.91 Å². The minimum Gasteiger partial charge on any atom is -0.480 e. The fraction of sp³-hybridized carbons (Fsp3) is 0.579. The van der Waals surface area contributed by atoms with Crippen LogP contribution in [0.3, 0.4) is 0 Å². The van der Waals surface area contributed by atoms with Gasteiger partial charge in [0.1, 0.15) is 6.04 Å². The Bertz CT molecular complexity index is 566. The number of aliphatic carboxylic acids is 1. The van der Waals surface area contributed by atoms with Crippen molar-refractivity contribution in [2.24, 2.45) is 5.92 Å². The fourth-order valence-corrected chi connectivity index (χ4v) is 3.15. The maximum Gasteiger partial charge on any atom is 0.326 e. The van der Waals surface area contributed by atoms with Crippen LogP contribution in [0.1, 0.15) is 56.2 Å². The number of aryl methyl sites for hydroxylation is 3. The Morgan fingerprint density at radius 1 is 1.17 bits per heavy atom. The SMILES string of the molecule is CC(C)C(NC(=O)CCCc1ccc2c(c1)CCCC2)C(=O)O. The molecule has 0 radical (unpaired) electrons. The predicted molar refractivity (Wildman–Crippen MR) is 90.4 cm³/mol. The van der Waals surface area contributed by atoms with Crippen LogP contribution in [0.4, 0.5) is 0 Å². The van der Waals surface area contributed by atoms with Gasteiger partial charge in [-0.1, -0.05) is 32.0 Å². The van der Waals surface area contributed by atoms with E-state index in [1.165, 1.54) is 42.4 Å². The zero-order valence-corrected chi connectivity index (χ0v) is 14.1. The third kappa shape index (κ3) is 5.08. The largest absolute Gasteiger partial charge is 0.480 e. The molecule has 0 heterocycles. The standard InChI is InChI=1S/C19H27NO3/c1-13(2)18(19(22)23)20-17(21)9-5-6-14-10-11-15-7-3-4-8-16(15)12-14/h10-13,18H,3-9H2,1-2H3,(H,20,21)(H,22,23). The molecule has 0 saturated carbocycles. The molecule has 0 aromatic heterocycles. The highest BCUT2D eigenvalue weighted by molar-refractivity contribution is 5.83. The van der Waals surface area contributed by atoms with Crippen molar-refractivity contribution in [2.75, 3.05) is 0 Å². The molecule has 2 N–H and O–H groups in total. The fourth-order valence-electron chi connectivity index (χ4n) is 3.15. The normalized spacial score (nSPS) is 15.1. The summed E-state index contributed by atoms with van der Waals surface area (Å²) in [5.41, 5.74) is 4.21. The van der Waals surface area contributed by atoms with Gasteiger partial charge in [-0.05, 0) is 61.1 Å². The van der Waals surface area contributed by atoms with Crippen molar-refractivity contribution in [2.45, 2.75) is 64.8 Å². The summed E-state index contributed by atoms with van der Waals surface area (Å²) in [4.78, 5) is 23.0. The molecule has 126 valence electrons. The predicted octanol–water partition coefficient (Wildman–Crippen LogP) is 3.11. The number of benzene rings is 1. The van der Waals surface area contributed by atoms with Crippen molar-refractivity contribution in [3.05, 3.63) is 34.9 Å². The molecule has 1 amide bonds. The molecule has 1 aliphatic carbocycles. The van der Waals surface area contributed by atoms with E-state index in [-0.39, 0.29) is 11.8 Å². The van der Waals surface area contributed by atoms with E-state index in [2.05, 4.69) is 23.5 Å². The van der Waals surface area contributed by atoms with Crippen LogP contribution in [0.15, 0.2) is 18.2 Å². The Hall–Kier alpha value is -1.84. The molecule has 0 saturated heterocycles. The summed E-state index contributed by atoms with van der Waals surface area (Å²) in [5.74, 6) is -1.26. The van der Waals surface area contributed by atoms with Crippen molar-refractivity contribution < 1.29 is 14.7 Å². The Morgan fingerprint density at radius 2 is 1.87 bits per heavy atom. The highest BCUT2D eigenvalue weighted by atomic mass is 16.4. The maximum absolute atomic E-state index is 11.9. The van der Waals surface area contributed by atoms with Gasteiger partial charge in [0.15, 0.2) is 0 Å². The average Bonchev–Trinajstić information content (AvgIpc) is 2.52. The molecule has 1 aliphatic rings. The van der Waals surface area contributed by atoms with Crippen molar-refractivity contribution in [3.63, 3.8) is 0 Å². The van der Waals surface area contributed by atoms with E-state index < -0.39 is 12.0 Å². The van der Waals surface area contributed by atoms with Crippen LogP contribution in [0, 0.1) is 5.92 Å². The Kier molecular flexibility index (Phi) is 6.20. The van der Waals surface area contributed by atoms with Crippen molar-refractivity contribution in [1.82, 2.24) is 5.32 Å². The van der Waals surface area contributed by atoms with Crippen molar-refractivity contribution >= 4 is 11.9 Å². The van der Waals surface area contributed by atoms with Crippen LogP contribution < -0.4 is 5.32 Å². The quantitative estimate of drug-likeness (QED) is 0.812. The van der Waals surface area contributed by atoms with Crippen molar-refractivity contribution in [3.8, 4) is 0 Å². The number of hydrogen-bond donors (Lipinski definition) is 2. The third-order valence-corrected chi connectivity index (χ3v) is 4.53. The summed E-state index contributed by atoms with van der Waals surface area (Å²) >= 11 is 0. The first-order valence-electron chi connectivity index (χ1n) is 8.60. The van der Waals surface area contributed by atoms with Gasteiger partial charge < -0.3 is 10.4 Å². The van der Waals surface area contributed by atoms with Crippen LogP contribution in [-0.2, 0) is 28.9 Å². The first-order chi connectivity index (χ1) is 11.0. The number of carbonyl (C=O) groups excluding carboxylic acids is 1. The zero-order valence-electron chi connectivity index (χ0n) is 14.1. The molecule has 2 rings (SSSR count). The molecular formula is C19H27NO3. The summed E-state index contributed by atoms with van der Waals surface area (Å²) in [6.07, 6.45) is 6.88. The zero-order chi connectivity index (χ0) is 16.8.